The van der Waals surface area contributed by atoms with Crippen LogP contribution in [0.4, 0.5) is 0 Å². The van der Waals surface area contributed by atoms with Crippen LogP contribution in [-0.4, -0.2) is 29.5 Å². The lowest BCUT2D eigenvalue weighted by molar-refractivity contribution is 0.0776. The number of rotatable bonds is 7. The van der Waals surface area contributed by atoms with Crippen molar-refractivity contribution in [3.05, 3.63) is 57.9 Å². The van der Waals surface area contributed by atoms with Crippen LogP contribution in [0.5, 0.6) is 0 Å². The van der Waals surface area contributed by atoms with Crippen LogP contribution in [0, 0.1) is 5.92 Å². The van der Waals surface area contributed by atoms with E-state index in [1.54, 1.807) is 6.07 Å². The van der Waals surface area contributed by atoms with Crippen LogP contribution in [-0.2, 0) is 17.9 Å². The molecule has 0 bridgehead atoms. The molecule has 0 saturated heterocycles. The Morgan fingerprint density at radius 3 is 2.79 bits per heavy atom. The fourth-order valence-electron chi connectivity index (χ4n) is 3.75. The van der Waals surface area contributed by atoms with Gasteiger partial charge in [-0.2, -0.15) is 0 Å². The fraction of sp³-hybridized carbons (Fsp3) is 0.455. The predicted molar refractivity (Wildman–Crippen MR) is 111 cm³/mol. The number of aromatic nitrogens is 1. The minimum Gasteiger partial charge on any atom is -0.373 e. The lowest BCUT2D eigenvalue weighted by Crippen LogP contribution is -2.30. The van der Waals surface area contributed by atoms with E-state index in [9.17, 15) is 9.59 Å². The molecule has 2 heterocycles. The average Bonchev–Trinajstić information content (AvgIpc) is 3.49. The van der Waals surface area contributed by atoms with Crippen LogP contribution in [0.2, 0.25) is 5.02 Å². The maximum atomic E-state index is 13.1. The van der Waals surface area contributed by atoms with Gasteiger partial charge in [-0.05, 0) is 42.9 Å². The highest BCUT2D eigenvalue weighted by Gasteiger charge is 2.28. The Morgan fingerprint density at radius 1 is 1.28 bits per heavy atom. The van der Waals surface area contributed by atoms with Crippen LogP contribution in [0.15, 0.2) is 30.3 Å². The van der Waals surface area contributed by atoms with E-state index < -0.39 is 0 Å². The second kappa shape index (κ2) is 8.59. The van der Waals surface area contributed by atoms with E-state index in [2.05, 4.69) is 10.6 Å². The minimum atomic E-state index is -0.215. The van der Waals surface area contributed by atoms with Gasteiger partial charge < -0.3 is 19.9 Å². The number of carbonyl (C=O) groups is 2. The molecule has 2 aliphatic rings. The van der Waals surface area contributed by atoms with Crippen molar-refractivity contribution in [2.24, 2.45) is 5.92 Å². The number of hydrogen-bond donors (Lipinski definition) is 2. The normalized spacial score (nSPS) is 16.8. The van der Waals surface area contributed by atoms with Crippen molar-refractivity contribution < 1.29 is 14.3 Å². The molecule has 2 N–H and O–H groups in total. The van der Waals surface area contributed by atoms with Crippen molar-refractivity contribution in [1.29, 1.82) is 0 Å². The second-order valence-corrected chi connectivity index (χ2v) is 8.11. The smallest absolute Gasteiger partial charge is 0.267 e. The molecule has 0 spiro atoms. The van der Waals surface area contributed by atoms with Crippen LogP contribution >= 0.6 is 11.6 Å². The van der Waals surface area contributed by atoms with Gasteiger partial charge in [-0.15, -0.1) is 0 Å². The molecule has 1 aromatic carbocycles. The molecule has 1 fully saturated rings. The summed E-state index contributed by atoms with van der Waals surface area (Å²) in [6.45, 7) is 4.12. The molecule has 29 heavy (non-hydrogen) atoms. The molecule has 1 aromatic heterocycles. The van der Waals surface area contributed by atoms with Crippen LogP contribution < -0.4 is 10.6 Å². The first-order chi connectivity index (χ1) is 14.1. The SMILES string of the molecule is CC[C@@H](NC(=O)c1cc(C(=O)NCC2CC2)n2c1COCC2)c1ccccc1Cl. The van der Waals surface area contributed by atoms with Gasteiger partial charge in [0.05, 0.1) is 30.5 Å². The summed E-state index contributed by atoms with van der Waals surface area (Å²) in [6.07, 6.45) is 3.06. The molecule has 0 unspecified atom stereocenters. The molecule has 0 radical (unpaired) electrons. The zero-order chi connectivity index (χ0) is 20.4. The van der Waals surface area contributed by atoms with Crippen LogP contribution in [0.25, 0.3) is 0 Å². The fourth-order valence-corrected chi connectivity index (χ4v) is 4.02. The first-order valence-corrected chi connectivity index (χ1v) is 10.6. The summed E-state index contributed by atoms with van der Waals surface area (Å²) in [5.41, 5.74) is 2.66. The number of ether oxygens (including phenoxy) is 1. The van der Waals surface area contributed by atoms with Crippen molar-refractivity contribution >= 4 is 23.4 Å². The molecule has 7 heteroatoms. The summed E-state index contributed by atoms with van der Waals surface area (Å²) in [5.74, 6) is 0.256. The highest BCUT2D eigenvalue weighted by atomic mass is 35.5. The molecular formula is C22H26ClN3O3. The molecule has 2 aromatic rings. The highest BCUT2D eigenvalue weighted by Crippen LogP contribution is 2.29. The molecule has 1 atom stereocenters. The van der Waals surface area contributed by atoms with E-state index in [1.807, 2.05) is 35.8 Å². The Bertz CT molecular complexity index is 920. The molecule has 1 aliphatic carbocycles. The molecule has 1 saturated carbocycles. The zero-order valence-corrected chi connectivity index (χ0v) is 17.3. The van der Waals surface area contributed by atoms with E-state index in [4.69, 9.17) is 16.3 Å². The van der Waals surface area contributed by atoms with Crippen molar-refractivity contribution in [3.63, 3.8) is 0 Å². The van der Waals surface area contributed by atoms with Gasteiger partial charge in [0, 0.05) is 18.1 Å². The highest BCUT2D eigenvalue weighted by molar-refractivity contribution is 6.31. The lowest BCUT2D eigenvalue weighted by atomic mass is 10.0. The largest absolute Gasteiger partial charge is 0.373 e. The van der Waals surface area contributed by atoms with E-state index in [0.717, 1.165) is 11.3 Å². The lowest BCUT2D eigenvalue weighted by Gasteiger charge is -2.21. The maximum Gasteiger partial charge on any atom is 0.267 e. The summed E-state index contributed by atoms with van der Waals surface area (Å²) in [5, 5.41) is 6.70. The molecule has 1 aliphatic heterocycles. The van der Waals surface area contributed by atoms with Gasteiger partial charge in [-0.25, -0.2) is 0 Å². The number of benzene rings is 1. The standard InChI is InChI=1S/C22H26ClN3O3/c1-2-18(15-5-3-4-6-17(15)23)25-21(27)16-11-19(22(28)24-12-14-7-8-14)26-9-10-29-13-20(16)26/h3-6,11,14,18H,2,7-10,12-13H2,1H3,(H,24,28)(H,25,27)/t18-/m1/s1. The van der Waals surface area contributed by atoms with Gasteiger partial charge >= 0.3 is 0 Å². The predicted octanol–water partition coefficient (Wildman–Crippen LogP) is 3.69. The topological polar surface area (TPSA) is 72.4 Å². The number of nitrogens with one attached hydrogen (secondary N) is 2. The van der Waals surface area contributed by atoms with Gasteiger partial charge in [0.2, 0.25) is 0 Å². The summed E-state index contributed by atoms with van der Waals surface area (Å²) in [7, 11) is 0. The number of halogens is 1. The third-order valence-electron chi connectivity index (χ3n) is 5.63. The maximum absolute atomic E-state index is 13.1. The molecular weight excluding hydrogens is 390 g/mol. The number of carbonyl (C=O) groups excluding carboxylic acids is 2. The summed E-state index contributed by atoms with van der Waals surface area (Å²) in [6, 6.07) is 9.01. The first-order valence-electron chi connectivity index (χ1n) is 10.2. The minimum absolute atomic E-state index is 0.128. The number of amides is 2. The Labute approximate surface area is 175 Å². The molecule has 2 amide bonds. The number of fused-ring (bicyclic) bond motifs is 1. The Balaban J connectivity index is 1.57. The van der Waals surface area contributed by atoms with Gasteiger partial charge in [0.25, 0.3) is 11.8 Å². The van der Waals surface area contributed by atoms with Crippen molar-refractivity contribution in [2.75, 3.05) is 13.2 Å². The van der Waals surface area contributed by atoms with E-state index in [-0.39, 0.29) is 17.9 Å². The monoisotopic (exact) mass is 415 g/mol. The molecule has 6 nitrogen and oxygen atoms in total. The second-order valence-electron chi connectivity index (χ2n) is 7.70. The van der Waals surface area contributed by atoms with Crippen LogP contribution in [0.3, 0.4) is 0 Å². The third kappa shape index (κ3) is 4.33. The Hall–Kier alpha value is -2.31. The zero-order valence-electron chi connectivity index (χ0n) is 16.5. The number of nitrogens with zero attached hydrogens (tertiary/aromatic N) is 1. The third-order valence-corrected chi connectivity index (χ3v) is 5.97. The van der Waals surface area contributed by atoms with Crippen LogP contribution in [0.1, 0.15) is 64.3 Å². The van der Waals surface area contributed by atoms with Gasteiger partial charge in [0.15, 0.2) is 0 Å². The first kappa shape index (κ1) is 20.0. The number of hydrogen-bond acceptors (Lipinski definition) is 3. The molecule has 4 rings (SSSR count). The Morgan fingerprint density at radius 2 is 2.07 bits per heavy atom. The van der Waals surface area contributed by atoms with Crippen molar-refractivity contribution in [2.45, 2.75) is 45.4 Å². The Kier molecular flexibility index (Phi) is 5.92. The van der Waals surface area contributed by atoms with E-state index in [1.165, 1.54) is 12.8 Å². The average molecular weight is 416 g/mol. The summed E-state index contributed by atoms with van der Waals surface area (Å²) < 4.78 is 7.48. The van der Waals surface area contributed by atoms with Crippen molar-refractivity contribution in [1.82, 2.24) is 15.2 Å². The summed E-state index contributed by atoms with van der Waals surface area (Å²) in [4.78, 5) is 25.8. The summed E-state index contributed by atoms with van der Waals surface area (Å²) >= 11 is 6.33. The van der Waals surface area contributed by atoms with E-state index >= 15 is 0 Å². The quantitative estimate of drug-likeness (QED) is 0.724. The van der Waals surface area contributed by atoms with E-state index in [0.29, 0.717) is 54.9 Å². The van der Waals surface area contributed by atoms with Gasteiger partial charge in [-0.1, -0.05) is 36.7 Å². The van der Waals surface area contributed by atoms with Gasteiger partial charge in [-0.3, -0.25) is 9.59 Å². The molecule has 154 valence electrons. The van der Waals surface area contributed by atoms with Gasteiger partial charge in [0.1, 0.15) is 5.69 Å². The van der Waals surface area contributed by atoms with Crippen molar-refractivity contribution in [3.8, 4) is 0 Å².